The number of carbonyl (C=O) groups is 1. The van der Waals surface area contributed by atoms with Crippen molar-refractivity contribution in [3.63, 3.8) is 0 Å². The van der Waals surface area contributed by atoms with Crippen LogP contribution in [0.1, 0.15) is 22.0 Å². The molecule has 0 saturated carbocycles. The topological polar surface area (TPSA) is 63.3 Å². The highest BCUT2D eigenvalue weighted by Gasteiger charge is 2.28. The molecule has 5 rings (SSSR count). The van der Waals surface area contributed by atoms with E-state index in [1.165, 1.54) is 12.1 Å². The molecule has 1 saturated heterocycles. The highest BCUT2D eigenvalue weighted by molar-refractivity contribution is 5.94. The van der Waals surface area contributed by atoms with Gasteiger partial charge in [0, 0.05) is 38.4 Å². The van der Waals surface area contributed by atoms with Crippen LogP contribution in [0.15, 0.2) is 66.7 Å². The fourth-order valence-electron chi connectivity index (χ4n) is 4.59. The molecule has 1 fully saturated rings. The molecule has 2 aliphatic heterocycles. The maximum Gasteiger partial charge on any atom is 0.254 e. The van der Waals surface area contributed by atoms with Crippen molar-refractivity contribution in [2.45, 2.75) is 6.04 Å². The van der Waals surface area contributed by atoms with Gasteiger partial charge in [0.05, 0.1) is 18.7 Å². The summed E-state index contributed by atoms with van der Waals surface area (Å²) in [6.45, 7) is 3.84. The maximum absolute atomic E-state index is 14.1. The summed E-state index contributed by atoms with van der Waals surface area (Å²) in [6, 6.07) is 19.9. The fourth-order valence-corrected chi connectivity index (χ4v) is 4.59. The highest BCUT2D eigenvalue weighted by atomic mass is 19.1. The summed E-state index contributed by atoms with van der Waals surface area (Å²) in [4.78, 5) is 17.4. The van der Waals surface area contributed by atoms with E-state index in [0.717, 1.165) is 43.2 Å². The van der Waals surface area contributed by atoms with Crippen molar-refractivity contribution >= 4 is 11.6 Å². The Morgan fingerprint density at radius 1 is 1.00 bits per heavy atom. The van der Waals surface area contributed by atoms with E-state index in [-0.39, 0.29) is 18.4 Å². The second-order valence-electron chi connectivity index (χ2n) is 8.54. The molecule has 3 aromatic carbocycles. The summed E-state index contributed by atoms with van der Waals surface area (Å²) in [5.41, 5.74) is 2.21. The zero-order valence-corrected chi connectivity index (χ0v) is 19.6. The van der Waals surface area contributed by atoms with Crippen LogP contribution in [-0.2, 0) is 0 Å². The third-order valence-corrected chi connectivity index (χ3v) is 6.55. The molecule has 0 spiro atoms. The van der Waals surface area contributed by atoms with E-state index >= 15 is 0 Å². The molecule has 1 atom stereocenters. The highest BCUT2D eigenvalue weighted by Crippen LogP contribution is 2.36. The van der Waals surface area contributed by atoms with Crippen LogP contribution >= 0.6 is 0 Å². The molecule has 2 aliphatic rings. The number of hydrogen-bond acceptors (Lipinski definition) is 6. The molecule has 8 heteroatoms. The van der Waals surface area contributed by atoms with Gasteiger partial charge in [-0.05, 0) is 54.1 Å². The molecule has 1 N–H and O–H groups in total. The molecule has 0 bridgehead atoms. The van der Waals surface area contributed by atoms with Crippen LogP contribution in [0.2, 0.25) is 0 Å². The van der Waals surface area contributed by atoms with Crippen LogP contribution < -0.4 is 24.4 Å². The van der Waals surface area contributed by atoms with Crippen molar-refractivity contribution in [2.24, 2.45) is 0 Å². The number of methoxy groups -OCH3 is 1. The number of halogens is 1. The Kier molecular flexibility index (Phi) is 6.72. The number of nitrogens with zero attached hydrogens (tertiary/aromatic N) is 2. The predicted molar refractivity (Wildman–Crippen MR) is 131 cm³/mol. The molecule has 0 radical (unpaired) electrons. The van der Waals surface area contributed by atoms with E-state index in [9.17, 15) is 9.18 Å². The van der Waals surface area contributed by atoms with Crippen LogP contribution in [0.5, 0.6) is 17.2 Å². The minimum absolute atomic E-state index is 0.0428. The number of fused-ring (bicyclic) bond motifs is 1. The van der Waals surface area contributed by atoms with Gasteiger partial charge in [-0.25, -0.2) is 4.39 Å². The maximum atomic E-state index is 14.1. The Bertz CT molecular complexity index is 1180. The molecular weight excluding hydrogens is 449 g/mol. The van der Waals surface area contributed by atoms with E-state index in [1.807, 2.05) is 30.3 Å². The molecule has 182 valence electrons. The molecule has 0 unspecified atom stereocenters. The normalized spacial score (nSPS) is 16.1. The number of ether oxygens (including phenoxy) is 3. The number of anilines is 1. The van der Waals surface area contributed by atoms with Crippen LogP contribution in [0.3, 0.4) is 0 Å². The first-order valence-electron chi connectivity index (χ1n) is 11.7. The van der Waals surface area contributed by atoms with Gasteiger partial charge in [-0.2, -0.15) is 0 Å². The van der Waals surface area contributed by atoms with Crippen molar-refractivity contribution < 1.29 is 23.4 Å². The van der Waals surface area contributed by atoms with Gasteiger partial charge in [0.2, 0.25) is 6.79 Å². The minimum Gasteiger partial charge on any atom is -0.497 e. The summed E-state index contributed by atoms with van der Waals surface area (Å²) in [7, 11) is 1.66. The number of carbonyl (C=O) groups excluding carboxylic acids is 1. The lowest BCUT2D eigenvalue weighted by atomic mass is 10.0. The second kappa shape index (κ2) is 10.2. The van der Waals surface area contributed by atoms with E-state index < -0.39 is 11.7 Å². The lowest BCUT2D eigenvalue weighted by molar-refractivity contribution is 0.0926. The Hall–Kier alpha value is -3.78. The molecule has 1 amide bonds. The van der Waals surface area contributed by atoms with E-state index in [2.05, 4.69) is 27.2 Å². The third kappa shape index (κ3) is 5.02. The zero-order valence-electron chi connectivity index (χ0n) is 19.6. The standard InChI is InChI=1S/C27H28FN3O4/c1-33-21-9-7-20(8-10-21)30-12-14-31(15-13-30)24(19-6-11-25-26(16-19)35-18-34-25)17-29-27(32)22-4-2-3-5-23(22)28/h2-11,16,24H,12-15,17-18H2,1H3,(H,29,32)/t24-/m1/s1. The largest absolute Gasteiger partial charge is 0.497 e. The SMILES string of the molecule is COc1ccc(N2CCN([C@H](CNC(=O)c3ccccc3F)c3ccc4c(c3)OCO4)CC2)cc1. The average Bonchev–Trinajstić information content (AvgIpc) is 3.37. The van der Waals surface area contributed by atoms with Gasteiger partial charge < -0.3 is 24.4 Å². The monoisotopic (exact) mass is 477 g/mol. The van der Waals surface area contributed by atoms with Crippen LogP contribution in [0.25, 0.3) is 0 Å². The summed E-state index contributed by atoms with van der Waals surface area (Å²) in [6.07, 6.45) is 0. The molecule has 7 nitrogen and oxygen atoms in total. The van der Waals surface area contributed by atoms with Gasteiger partial charge in [0.15, 0.2) is 11.5 Å². The first kappa shape index (κ1) is 23.0. The summed E-state index contributed by atoms with van der Waals surface area (Å²) in [5, 5.41) is 2.94. The number of rotatable bonds is 7. The third-order valence-electron chi connectivity index (χ3n) is 6.55. The number of nitrogens with one attached hydrogen (secondary N) is 1. The molecule has 35 heavy (non-hydrogen) atoms. The number of hydrogen-bond donors (Lipinski definition) is 1. The summed E-state index contributed by atoms with van der Waals surface area (Å²) in [5.74, 6) is 1.29. The first-order valence-corrected chi connectivity index (χ1v) is 11.7. The minimum atomic E-state index is -0.530. The number of benzene rings is 3. The molecular formula is C27H28FN3O4. The van der Waals surface area contributed by atoms with E-state index in [1.54, 1.807) is 19.2 Å². The van der Waals surface area contributed by atoms with Crippen molar-refractivity contribution in [1.82, 2.24) is 10.2 Å². The Labute approximate surface area is 204 Å². The molecule has 0 aromatic heterocycles. The van der Waals surface area contributed by atoms with Gasteiger partial charge in [-0.1, -0.05) is 18.2 Å². The molecule has 0 aliphatic carbocycles. The Morgan fingerprint density at radius 2 is 1.74 bits per heavy atom. The lowest BCUT2D eigenvalue weighted by Gasteiger charge is -2.40. The van der Waals surface area contributed by atoms with Gasteiger partial charge in [0.25, 0.3) is 5.91 Å². The molecule has 2 heterocycles. The van der Waals surface area contributed by atoms with Crippen LogP contribution in [-0.4, -0.2) is 57.4 Å². The quantitative estimate of drug-likeness (QED) is 0.558. The van der Waals surface area contributed by atoms with Gasteiger partial charge in [0.1, 0.15) is 11.6 Å². The van der Waals surface area contributed by atoms with Gasteiger partial charge in [-0.15, -0.1) is 0 Å². The van der Waals surface area contributed by atoms with Crippen molar-refractivity contribution in [2.75, 3.05) is 51.5 Å². The predicted octanol–water partition coefficient (Wildman–Crippen LogP) is 3.86. The second-order valence-corrected chi connectivity index (χ2v) is 8.54. The first-order chi connectivity index (χ1) is 17.1. The Balaban J connectivity index is 1.31. The van der Waals surface area contributed by atoms with Crippen molar-refractivity contribution in [3.05, 3.63) is 83.7 Å². The average molecular weight is 478 g/mol. The fraction of sp³-hybridized carbons (Fsp3) is 0.296. The van der Waals surface area contributed by atoms with Crippen LogP contribution in [0.4, 0.5) is 10.1 Å². The smallest absolute Gasteiger partial charge is 0.254 e. The zero-order chi connectivity index (χ0) is 24.2. The van der Waals surface area contributed by atoms with Gasteiger partial charge in [-0.3, -0.25) is 9.69 Å². The van der Waals surface area contributed by atoms with E-state index in [0.29, 0.717) is 18.0 Å². The molecule has 3 aromatic rings. The van der Waals surface area contributed by atoms with Crippen LogP contribution in [0, 0.1) is 5.82 Å². The summed E-state index contributed by atoms with van der Waals surface area (Å²) < 4.78 is 30.4. The summed E-state index contributed by atoms with van der Waals surface area (Å²) >= 11 is 0. The van der Waals surface area contributed by atoms with Crippen molar-refractivity contribution in [3.8, 4) is 17.2 Å². The van der Waals surface area contributed by atoms with E-state index in [4.69, 9.17) is 14.2 Å². The van der Waals surface area contributed by atoms with Gasteiger partial charge >= 0.3 is 0 Å². The Morgan fingerprint density at radius 3 is 2.49 bits per heavy atom. The number of piperazine rings is 1. The number of amides is 1. The van der Waals surface area contributed by atoms with Crippen molar-refractivity contribution in [1.29, 1.82) is 0 Å². The lowest BCUT2D eigenvalue weighted by Crippen LogP contribution is -2.50.